The summed E-state index contributed by atoms with van der Waals surface area (Å²) in [6.45, 7) is 1.07. The first-order valence-electron chi connectivity index (χ1n) is 8.49. The number of thiazole rings is 1. The van der Waals surface area contributed by atoms with E-state index < -0.39 is 0 Å². The summed E-state index contributed by atoms with van der Waals surface area (Å²) in [4.78, 5) is 9.66. The molecule has 0 atom stereocenters. The lowest BCUT2D eigenvalue weighted by Gasteiger charge is -2.15. The summed E-state index contributed by atoms with van der Waals surface area (Å²) in [7, 11) is 0. The summed E-state index contributed by atoms with van der Waals surface area (Å²) >= 11 is 3.51. The summed E-state index contributed by atoms with van der Waals surface area (Å²) in [6, 6.07) is 16.9. The number of rotatable bonds is 4. The Balaban J connectivity index is 1.40. The number of benzene rings is 2. The summed E-state index contributed by atoms with van der Waals surface area (Å²) in [5.74, 6) is 0.863. The van der Waals surface area contributed by atoms with Crippen LogP contribution >= 0.6 is 23.1 Å². The van der Waals surface area contributed by atoms with Crippen molar-refractivity contribution in [2.75, 3.05) is 0 Å². The first-order chi connectivity index (χ1) is 12.4. The largest absolute Gasteiger partial charge is 0.319 e. The second kappa shape index (κ2) is 6.32. The minimum absolute atomic E-state index is 0.863. The maximum atomic E-state index is 4.87. The summed E-state index contributed by atoms with van der Waals surface area (Å²) in [5, 5.41) is 4.38. The van der Waals surface area contributed by atoms with Gasteiger partial charge in [-0.2, -0.15) is 0 Å². The van der Waals surface area contributed by atoms with Gasteiger partial charge in [-0.1, -0.05) is 54.2 Å². The van der Waals surface area contributed by atoms with Crippen LogP contribution in [0.3, 0.4) is 0 Å². The Hall–Kier alpha value is -2.11. The Morgan fingerprint density at radius 3 is 2.88 bits per heavy atom. The minimum Gasteiger partial charge on any atom is -0.319 e. The minimum atomic E-state index is 0.863. The van der Waals surface area contributed by atoms with Gasteiger partial charge in [0.1, 0.15) is 5.01 Å². The fraction of sp³-hybridized carbons (Fsp3) is 0.200. The number of aromatic nitrogens is 3. The standard InChI is InChI=1S/C20H17N3S2/c1-2-6-15(7-3-1)19-21-16(12-24-19)13-25-20-22-17-10-4-8-14-9-5-11-23(20)18(14)17/h1-4,6-8,10,12H,5,9,11,13H2. The molecule has 3 nitrogen and oxygen atoms in total. The van der Waals surface area contributed by atoms with Gasteiger partial charge in [0.05, 0.1) is 16.7 Å². The van der Waals surface area contributed by atoms with Crippen molar-refractivity contribution >= 4 is 34.1 Å². The molecule has 0 amide bonds. The first-order valence-corrected chi connectivity index (χ1v) is 10.4. The molecule has 2 aromatic heterocycles. The van der Waals surface area contributed by atoms with Gasteiger partial charge in [-0.3, -0.25) is 0 Å². The van der Waals surface area contributed by atoms with E-state index in [1.807, 2.05) is 6.07 Å². The highest BCUT2D eigenvalue weighted by Crippen LogP contribution is 2.33. The van der Waals surface area contributed by atoms with E-state index in [1.54, 1.807) is 23.1 Å². The summed E-state index contributed by atoms with van der Waals surface area (Å²) < 4.78 is 2.39. The molecule has 0 bridgehead atoms. The molecule has 3 heterocycles. The second-order valence-electron chi connectivity index (χ2n) is 6.23. The number of hydrogen-bond donors (Lipinski definition) is 0. The van der Waals surface area contributed by atoms with Crippen molar-refractivity contribution in [3.8, 4) is 10.6 Å². The van der Waals surface area contributed by atoms with E-state index in [-0.39, 0.29) is 0 Å². The Morgan fingerprint density at radius 1 is 1.04 bits per heavy atom. The van der Waals surface area contributed by atoms with Gasteiger partial charge in [-0.05, 0) is 24.5 Å². The third-order valence-electron chi connectivity index (χ3n) is 4.56. The second-order valence-corrected chi connectivity index (χ2v) is 8.03. The lowest BCUT2D eigenvalue weighted by Crippen LogP contribution is -2.08. The van der Waals surface area contributed by atoms with E-state index in [4.69, 9.17) is 9.97 Å². The van der Waals surface area contributed by atoms with Crippen LogP contribution in [0.4, 0.5) is 0 Å². The van der Waals surface area contributed by atoms with Crippen LogP contribution in [0, 0.1) is 0 Å². The molecule has 0 spiro atoms. The average molecular weight is 364 g/mol. The highest BCUT2D eigenvalue weighted by Gasteiger charge is 2.18. The molecule has 2 aromatic carbocycles. The molecule has 124 valence electrons. The topological polar surface area (TPSA) is 30.7 Å². The van der Waals surface area contributed by atoms with Gasteiger partial charge in [-0.25, -0.2) is 9.97 Å². The first kappa shape index (κ1) is 15.2. The molecule has 0 N–H and O–H groups in total. The summed E-state index contributed by atoms with van der Waals surface area (Å²) in [6.07, 6.45) is 2.37. The molecule has 0 saturated heterocycles. The van der Waals surface area contributed by atoms with Crippen LogP contribution in [-0.2, 0) is 18.7 Å². The molecule has 0 fully saturated rings. The van der Waals surface area contributed by atoms with Crippen LogP contribution in [0.15, 0.2) is 59.1 Å². The molecule has 0 saturated carbocycles. The van der Waals surface area contributed by atoms with E-state index in [9.17, 15) is 0 Å². The van der Waals surface area contributed by atoms with Gasteiger partial charge < -0.3 is 4.57 Å². The lowest BCUT2D eigenvalue weighted by atomic mass is 10.1. The number of imidazole rings is 1. The third kappa shape index (κ3) is 2.77. The molecular formula is C20H17N3S2. The Kier molecular flexibility index (Phi) is 3.83. The number of thioether (sulfide) groups is 1. The highest BCUT2D eigenvalue weighted by atomic mass is 32.2. The zero-order valence-corrected chi connectivity index (χ0v) is 15.3. The Morgan fingerprint density at radius 2 is 1.96 bits per heavy atom. The van der Waals surface area contributed by atoms with Gasteiger partial charge in [0.15, 0.2) is 5.16 Å². The number of nitrogens with zero attached hydrogens (tertiary/aromatic N) is 3. The molecule has 0 aliphatic carbocycles. The maximum Gasteiger partial charge on any atom is 0.169 e. The lowest BCUT2D eigenvalue weighted by molar-refractivity contribution is 0.588. The van der Waals surface area contributed by atoms with E-state index in [0.29, 0.717) is 0 Å². The predicted molar refractivity (Wildman–Crippen MR) is 105 cm³/mol. The van der Waals surface area contributed by atoms with Crippen molar-refractivity contribution in [3.63, 3.8) is 0 Å². The van der Waals surface area contributed by atoms with Crippen LogP contribution in [0.25, 0.3) is 21.6 Å². The molecule has 1 aliphatic rings. The monoisotopic (exact) mass is 363 g/mol. The Bertz CT molecular complexity index is 1030. The van der Waals surface area contributed by atoms with Crippen LogP contribution in [0.5, 0.6) is 0 Å². The van der Waals surface area contributed by atoms with Gasteiger partial charge in [0.25, 0.3) is 0 Å². The van der Waals surface area contributed by atoms with Gasteiger partial charge >= 0.3 is 0 Å². The highest BCUT2D eigenvalue weighted by molar-refractivity contribution is 7.98. The van der Waals surface area contributed by atoms with E-state index in [1.165, 1.54) is 29.5 Å². The van der Waals surface area contributed by atoms with Crippen molar-refractivity contribution in [1.82, 2.24) is 14.5 Å². The quantitative estimate of drug-likeness (QED) is 0.455. The number of hydrogen-bond acceptors (Lipinski definition) is 4. The van der Waals surface area contributed by atoms with Crippen LogP contribution in [-0.4, -0.2) is 14.5 Å². The summed E-state index contributed by atoms with van der Waals surface area (Å²) in [5.41, 5.74) is 6.21. The van der Waals surface area contributed by atoms with Gasteiger partial charge in [-0.15, -0.1) is 11.3 Å². The van der Waals surface area contributed by atoms with Crippen molar-refractivity contribution in [2.45, 2.75) is 30.3 Å². The fourth-order valence-corrected chi connectivity index (χ4v) is 5.27. The molecular weight excluding hydrogens is 346 g/mol. The van der Waals surface area contributed by atoms with Crippen molar-refractivity contribution in [3.05, 3.63) is 65.2 Å². The maximum absolute atomic E-state index is 4.87. The molecule has 4 aromatic rings. The fourth-order valence-electron chi connectivity index (χ4n) is 3.41. The van der Waals surface area contributed by atoms with E-state index in [2.05, 4.69) is 52.4 Å². The van der Waals surface area contributed by atoms with Crippen LogP contribution < -0.4 is 0 Å². The zero-order chi connectivity index (χ0) is 16.6. The normalized spacial score (nSPS) is 13.4. The molecule has 1 aliphatic heterocycles. The number of aryl methyl sites for hydroxylation is 2. The zero-order valence-electron chi connectivity index (χ0n) is 13.7. The SMILES string of the molecule is c1ccc(-c2nc(CSc3nc4cccc5c4n3CCC5)cs2)cc1. The molecule has 5 heteroatoms. The molecule has 25 heavy (non-hydrogen) atoms. The average Bonchev–Trinajstić information content (AvgIpc) is 3.28. The van der Waals surface area contributed by atoms with E-state index >= 15 is 0 Å². The molecule has 5 rings (SSSR count). The van der Waals surface area contributed by atoms with Crippen molar-refractivity contribution in [1.29, 1.82) is 0 Å². The smallest absolute Gasteiger partial charge is 0.169 e. The van der Waals surface area contributed by atoms with Gasteiger partial charge in [0, 0.05) is 23.2 Å². The molecule has 0 radical (unpaired) electrons. The van der Waals surface area contributed by atoms with Crippen LogP contribution in [0.2, 0.25) is 0 Å². The van der Waals surface area contributed by atoms with Crippen molar-refractivity contribution in [2.24, 2.45) is 0 Å². The van der Waals surface area contributed by atoms with Gasteiger partial charge in [0.2, 0.25) is 0 Å². The predicted octanol–water partition coefficient (Wildman–Crippen LogP) is 5.40. The molecule has 0 unspecified atom stereocenters. The van der Waals surface area contributed by atoms with Crippen LogP contribution in [0.1, 0.15) is 17.7 Å². The Labute approximate surface area is 154 Å². The van der Waals surface area contributed by atoms with Crippen molar-refractivity contribution < 1.29 is 0 Å². The van der Waals surface area contributed by atoms with E-state index in [0.717, 1.165) is 33.7 Å². The number of para-hydroxylation sites is 1. The third-order valence-corrected chi connectivity index (χ3v) is 6.51.